The molecule has 0 unspecified atom stereocenters. The molecule has 2 aromatic carbocycles. The molecule has 11 heteroatoms. The number of hydrogen-bond acceptors (Lipinski definition) is 7. The molecule has 34 heavy (non-hydrogen) atoms. The molecule has 0 fully saturated rings. The lowest BCUT2D eigenvalue weighted by molar-refractivity contribution is -0.119. The fourth-order valence-corrected chi connectivity index (χ4v) is 3.98. The summed E-state index contributed by atoms with van der Waals surface area (Å²) >= 11 is 1.01. The second kappa shape index (κ2) is 9.87. The number of halogens is 2. The molecular weight excluding hydrogens is 466 g/mol. The van der Waals surface area contributed by atoms with Crippen molar-refractivity contribution in [2.24, 2.45) is 0 Å². The van der Waals surface area contributed by atoms with Crippen LogP contribution < -0.4 is 10.9 Å². The van der Waals surface area contributed by atoms with Crippen LogP contribution in [0.5, 0.6) is 0 Å². The predicted molar refractivity (Wildman–Crippen MR) is 123 cm³/mol. The normalized spacial score (nSPS) is 10.9. The van der Waals surface area contributed by atoms with Gasteiger partial charge in [0.25, 0.3) is 11.5 Å². The van der Waals surface area contributed by atoms with E-state index in [2.05, 4.69) is 15.4 Å². The van der Waals surface area contributed by atoms with E-state index >= 15 is 0 Å². The van der Waals surface area contributed by atoms with Crippen molar-refractivity contribution in [3.8, 4) is 11.3 Å². The largest absolute Gasteiger partial charge is 0.451 e. The van der Waals surface area contributed by atoms with Crippen molar-refractivity contribution in [2.45, 2.75) is 19.9 Å². The number of amides is 1. The molecule has 0 spiro atoms. The fraction of sp³-hybridized carbons (Fsp3) is 0.174. The molecule has 0 radical (unpaired) electrons. The summed E-state index contributed by atoms with van der Waals surface area (Å²) in [7, 11) is 0. The Balaban J connectivity index is 1.46. The number of carbonyl (C=O) groups excluding carboxylic acids is 2. The molecule has 1 amide bonds. The summed E-state index contributed by atoms with van der Waals surface area (Å²) in [5.41, 5.74) is -0.276. The Morgan fingerprint density at radius 1 is 1.15 bits per heavy atom. The van der Waals surface area contributed by atoms with Crippen LogP contribution in [0.3, 0.4) is 0 Å². The summed E-state index contributed by atoms with van der Waals surface area (Å²) < 4.78 is 33.7. The van der Waals surface area contributed by atoms with Crippen LogP contribution in [0, 0.1) is 11.6 Å². The van der Waals surface area contributed by atoms with E-state index < -0.39 is 30.1 Å². The summed E-state index contributed by atoms with van der Waals surface area (Å²) in [4.78, 5) is 41.6. The number of aromatic nitrogens is 3. The summed E-state index contributed by atoms with van der Waals surface area (Å²) in [6.07, 6.45) is 0.636. The summed E-state index contributed by atoms with van der Waals surface area (Å²) in [5, 5.41) is 8.81. The Hall–Kier alpha value is -3.99. The van der Waals surface area contributed by atoms with Gasteiger partial charge in [0, 0.05) is 22.9 Å². The first kappa shape index (κ1) is 23.2. The number of rotatable bonds is 7. The molecule has 1 N–H and O–H groups in total. The van der Waals surface area contributed by atoms with Crippen LogP contribution in [0.15, 0.2) is 52.6 Å². The van der Waals surface area contributed by atoms with Gasteiger partial charge in [-0.1, -0.05) is 25.1 Å². The SMILES string of the molecule is CCCn1nc(C(=O)OCC(=O)Nc2nc(-c3cc(F)ccc3F)cs2)c2ccccc2c1=O. The van der Waals surface area contributed by atoms with Gasteiger partial charge >= 0.3 is 5.97 Å². The van der Waals surface area contributed by atoms with Crippen LogP contribution in [0.25, 0.3) is 22.0 Å². The zero-order chi connectivity index (χ0) is 24.2. The highest BCUT2D eigenvalue weighted by molar-refractivity contribution is 7.14. The van der Waals surface area contributed by atoms with Crippen LogP contribution in [0.4, 0.5) is 13.9 Å². The standard InChI is InChI=1S/C23H18F2N4O4S/c1-2-9-29-21(31)15-6-4-3-5-14(15)20(28-29)22(32)33-11-19(30)27-23-26-18(12-34-23)16-10-13(24)7-8-17(16)25/h3-8,10,12H,2,9,11H2,1H3,(H,26,27,30). The van der Waals surface area contributed by atoms with Crippen molar-refractivity contribution in [2.75, 3.05) is 11.9 Å². The third-order valence-corrected chi connectivity index (χ3v) is 5.54. The number of aryl methyl sites for hydroxylation is 1. The Bertz CT molecular complexity index is 1450. The van der Waals surface area contributed by atoms with Gasteiger partial charge in [0.05, 0.1) is 11.1 Å². The maximum atomic E-state index is 13.9. The van der Waals surface area contributed by atoms with Crippen LogP contribution in [-0.4, -0.2) is 33.2 Å². The lowest BCUT2D eigenvalue weighted by atomic mass is 10.1. The first-order valence-corrected chi connectivity index (χ1v) is 11.1. The lowest BCUT2D eigenvalue weighted by Gasteiger charge is -2.10. The van der Waals surface area contributed by atoms with Gasteiger partial charge in [-0.3, -0.25) is 14.9 Å². The maximum absolute atomic E-state index is 13.9. The van der Waals surface area contributed by atoms with E-state index in [1.807, 2.05) is 6.92 Å². The van der Waals surface area contributed by atoms with E-state index in [1.54, 1.807) is 24.3 Å². The summed E-state index contributed by atoms with van der Waals surface area (Å²) in [5.74, 6) is -2.81. The Morgan fingerprint density at radius 3 is 2.68 bits per heavy atom. The minimum absolute atomic E-state index is 0.0386. The molecule has 4 rings (SSSR count). The van der Waals surface area contributed by atoms with Crippen molar-refractivity contribution in [1.82, 2.24) is 14.8 Å². The van der Waals surface area contributed by atoms with Gasteiger partial charge in [0.15, 0.2) is 17.4 Å². The molecule has 2 aromatic heterocycles. The monoisotopic (exact) mass is 484 g/mol. The van der Waals surface area contributed by atoms with Crippen molar-refractivity contribution in [1.29, 1.82) is 0 Å². The first-order chi connectivity index (χ1) is 16.4. The van der Waals surface area contributed by atoms with Crippen LogP contribution in [-0.2, 0) is 16.1 Å². The van der Waals surface area contributed by atoms with Crippen LogP contribution >= 0.6 is 11.3 Å². The molecule has 2 heterocycles. The molecule has 8 nitrogen and oxygen atoms in total. The average Bonchev–Trinajstić information content (AvgIpc) is 3.29. The number of hydrogen-bond donors (Lipinski definition) is 1. The third-order valence-electron chi connectivity index (χ3n) is 4.79. The Kier molecular flexibility index (Phi) is 6.73. The molecule has 0 bridgehead atoms. The number of ether oxygens (including phenoxy) is 1. The zero-order valence-electron chi connectivity index (χ0n) is 17.9. The van der Waals surface area contributed by atoms with Gasteiger partial charge in [-0.2, -0.15) is 5.10 Å². The topological polar surface area (TPSA) is 103 Å². The van der Waals surface area contributed by atoms with E-state index in [9.17, 15) is 23.2 Å². The maximum Gasteiger partial charge on any atom is 0.359 e. The van der Waals surface area contributed by atoms with Gasteiger partial charge in [0.2, 0.25) is 0 Å². The minimum Gasteiger partial charge on any atom is -0.451 e. The highest BCUT2D eigenvalue weighted by Gasteiger charge is 2.19. The predicted octanol–water partition coefficient (Wildman–Crippen LogP) is 4.00. The third kappa shape index (κ3) is 4.84. The second-order valence-electron chi connectivity index (χ2n) is 7.21. The molecule has 4 aromatic rings. The van der Waals surface area contributed by atoms with Gasteiger partial charge < -0.3 is 4.74 Å². The molecule has 0 aliphatic rings. The van der Waals surface area contributed by atoms with Crippen molar-refractivity contribution >= 4 is 39.1 Å². The zero-order valence-corrected chi connectivity index (χ0v) is 18.7. The van der Waals surface area contributed by atoms with Crippen molar-refractivity contribution < 1.29 is 23.1 Å². The summed E-state index contributed by atoms with van der Waals surface area (Å²) in [6, 6.07) is 9.51. The Morgan fingerprint density at radius 2 is 1.91 bits per heavy atom. The van der Waals surface area contributed by atoms with E-state index in [1.165, 1.54) is 10.1 Å². The lowest BCUT2D eigenvalue weighted by Crippen LogP contribution is -2.27. The number of carbonyl (C=O) groups is 2. The van der Waals surface area contributed by atoms with E-state index in [0.29, 0.717) is 23.7 Å². The van der Waals surface area contributed by atoms with Gasteiger partial charge in [-0.25, -0.2) is 23.2 Å². The molecular formula is C23H18F2N4O4S. The van der Waals surface area contributed by atoms with Crippen LogP contribution in [0.2, 0.25) is 0 Å². The molecule has 0 aliphatic heterocycles. The smallest absolute Gasteiger partial charge is 0.359 e. The number of nitrogens with zero attached hydrogens (tertiary/aromatic N) is 3. The second-order valence-corrected chi connectivity index (χ2v) is 8.07. The minimum atomic E-state index is -0.863. The van der Waals surface area contributed by atoms with Gasteiger partial charge in [-0.15, -0.1) is 11.3 Å². The number of fused-ring (bicyclic) bond motifs is 1. The van der Waals surface area contributed by atoms with Crippen LogP contribution in [0.1, 0.15) is 23.8 Å². The highest BCUT2D eigenvalue weighted by atomic mass is 32.1. The van der Waals surface area contributed by atoms with E-state index in [0.717, 1.165) is 29.5 Å². The van der Waals surface area contributed by atoms with E-state index in [-0.39, 0.29) is 27.6 Å². The van der Waals surface area contributed by atoms with Gasteiger partial charge in [-0.05, 0) is 30.7 Å². The molecule has 174 valence electrons. The Labute approximate surface area is 195 Å². The number of esters is 1. The fourth-order valence-electron chi connectivity index (χ4n) is 3.25. The quantitative estimate of drug-likeness (QED) is 0.398. The van der Waals surface area contributed by atoms with Gasteiger partial charge in [0.1, 0.15) is 11.6 Å². The molecule has 0 saturated heterocycles. The summed E-state index contributed by atoms with van der Waals surface area (Å²) in [6.45, 7) is 1.56. The highest BCUT2D eigenvalue weighted by Crippen LogP contribution is 2.27. The molecule has 0 atom stereocenters. The average molecular weight is 484 g/mol. The number of anilines is 1. The first-order valence-electron chi connectivity index (χ1n) is 10.2. The number of thiazole rings is 1. The molecule has 0 aliphatic carbocycles. The number of nitrogens with one attached hydrogen (secondary N) is 1. The number of benzene rings is 2. The van der Waals surface area contributed by atoms with Crippen molar-refractivity contribution in [3.05, 3.63) is 75.5 Å². The van der Waals surface area contributed by atoms with Crippen molar-refractivity contribution in [3.63, 3.8) is 0 Å². The molecule has 0 saturated carbocycles. The van der Waals surface area contributed by atoms with E-state index in [4.69, 9.17) is 4.74 Å².